The van der Waals surface area contributed by atoms with Crippen molar-refractivity contribution in [3.05, 3.63) is 228 Å². The molecule has 2 aliphatic carbocycles. The van der Waals surface area contributed by atoms with Gasteiger partial charge in [-0.3, -0.25) is 0 Å². The Morgan fingerprint density at radius 1 is 0.328 bits per heavy atom. The summed E-state index contributed by atoms with van der Waals surface area (Å²) in [5.41, 5.74) is 19.9. The van der Waals surface area contributed by atoms with Gasteiger partial charge in [0.15, 0.2) is 0 Å². The van der Waals surface area contributed by atoms with Crippen molar-refractivity contribution in [3.8, 4) is 44.5 Å². The van der Waals surface area contributed by atoms with E-state index in [9.17, 15) is 0 Å². The first kappa shape index (κ1) is 39.9. The van der Waals surface area contributed by atoms with E-state index in [0.29, 0.717) is 16.5 Å². The van der Waals surface area contributed by atoms with E-state index in [4.69, 9.17) is 39.2 Å². The Balaban J connectivity index is 1.09. The van der Waals surface area contributed by atoms with Crippen LogP contribution in [0.5, 0.6) is 0 Å². The second kappa shape index (κ2) is 15.1. The minimum Gasteiger partial charge on any atom is -0.310 e. The Hall–Kier alpha value is -6.90. The molecule has 0 saturated carbocycles. The molecule has 0 unspecified atom stereocenters. The highest BCUT2D eigenvalue weighted by molar-refractivity contribution is 6.68. The molecule has 6 heteroatoms. The van der Waals surface area contributed by atoms with Gasteiger partial charge in [0.05, 0.1) is 5.41 Å². The molecular weight excluding hydrogens is 765 g/mol. The van der Waals surface area contributed by atoms with Crippen LogP contribution in [0.15, 0.2) is 194 Å². The molecule has 9 aromatic carbocycles. The number of hydrogen-bond donors (Lipinski definition) is 0. The lowest BCUT2D eigenvalue weighted by molar-refractivity contribution is 0.660. The zero-order chi connectivity index (χ0) is 43.9. The predicted molar refractivity (Wildman–Crippen MR) is 274 cm³/mol. The summed E-state index contributed by atoms with van der Waals surface area (Å²) in [6.07, 6.45) is 0. The zero-order valence-corrected chi connectivity index (χ0v) is 35.8. The fourth-order valence-electron chi connectivity index (χ4n) is 10.7. The molecule has 0 aromatic heterocycles. The summed E-state index contributed by atoms with van der Waals surface area (Å²) in [6, 6.07) is 70.5. The third-order valence-corrected chi connectivity index (χ3v) is 13.8. The van der Waals surface area contributed by atoms with E-state index >= 15 is 0 Å². The summed E-state index contributed by atoms with van der Waals surface area (Å²) in [6.45, 7) is 4.65. The Morgan fingerprint density at radius 3 is 1.47 bits per heavy atom. The molecular formula is C58H38B5N. The van der Waals surface area contributed by atoms with E-state index in [-0.39, 0.29) is 21.8 Å². The van der Waals surface area contributed by atoms with Crippen molar-refractivity contribution in [1.82, 2.24) is 0 Å². The molecule has 10 radical (unpaired) electrons. The molecule has 0 heterocycles. The summed E-state index contributed by atoms with van der Waals surface area (Å²) in [7, 11) is 31.7. The summed E-state index contributed by atoms with van der Waals surface area (Å²) >= 11 is 0. The Bertz CT molecular complexity index is 3240. The SMILES string of the molecule is [B]c1c([B])c([B])c(-c2cccc(-c3ccc(N(c4cccc(C5(c6ccccc6)c6ccccc6-c6ccccc65)c4)c4ccc5c(c4)-c4ccccc4C5(C)C)cc3)c2)c([B])c1[B]. The van der Waals surface area contributed by atoms with Crippen LogP contribution in [-0.2, 0) is 10.8 Å². The van der Waals surface area contributed by atoms with E-state index < -0.39 is 5.41 Å². The Labute approximate surface area is 383 Å². The van der Waals surface area contributed by atoms with Gasteiger partial charge < -0.3 is 4.90 Å². The Kier molecular flexibility index (Phi) is 9.44. The first-order chi connectivity index (χ1) is 31.1. The van der Waals surface area contributed by atoms with Crippen molar-refractivity contribution in [2.45, 2.75) is 24.7 Å². The molecule has 290 valence electrons. The van der Waals surface area contributed by atoms with Gasteiger partial charge in [-0.2, -0.15) is 0 Å². The van der Waals surface area contributed by atoms with Gasteiger partial charge in [0.1, 0.15) is 39.2 Å². The number of fused-ring (bicyclic) bond motifs is 6. The first-order valence-corrected chi connectivity index (χ1v) is 21.7. The van der Waals surface area contributed by atoms with Crippen molar-refractivity contribution < 1.29 is 0 Å². The molecule has 0 bridgehead atoms. The zero-order valence-electron chi connectivity index (χ0n) is 35.8. The molecule has 0 fully saturated rings. The van der Waals surface area contributed by atoms with Gasteiger partial charge >= 0.3 is 0 Å². The number of anilines is 3. The molecule has 0 spiro atoms. The molecule has 0 atom stereocenters. The van der Waals surface area contributed by atoms with Gasteiger partial charge in [-0.15, -0.1) is 16.4 Å². The summed E-state index contributed by atoms with van der Waals surface area (Å²) in [4.78, 5) is 2.39. The van der Waals surface area contributed by atoms with Crippen LogP contribution < -0.4 is 32.2 Å². The summed E-state index contributed by atoms with van der Waals surface area (Å²) in [5, 5.41) is 0. The van der Waals surface area contributed by atoms with Crippen LogP contribution in [0.4, 0.5) is 17.1 Å². The minimum absolute atomic E-state index is 0.115. The number of hydrogen-bond acceptors (Lipinski definition) is 1. The lowest BCUT2D eigenvalue weighted by Gasteiger charge is -2.35. The average molecular weight is 803 g/mol. The van der Waals surface area contributed by atoms with E-state index in [1.807, 2.05) is 12.1 Å². The fourth-order valence-corrected chi connectivity index (χ4v) is 10.7. The van der Waals surface area contributed by atoms with Crippen LogP contribution in [0.25, 0.3) is 44.5 Å². The lowest BCUT2D eigenvalue weighted by Crippen LogP contribution is -2.55. The van der Waals surface area contributed by atoms with Crippen LogP contribution in [0, 0.1) is 0 Å². The molecule has 0 N–H and O–H groups in total. The normalized spacial score (nSPS) is 13.7. The molecule has 0 saturated heterocycles. The van der Waals surface area contributed by atoms with Crippen LogP contribution >= 0.6 is 0 Å². The fraction of sp³-hybridized carbons (Fsp3) is 0.0690. The van der Waals surface area contributed by atoms with E-state index in [1.165, 1.54) is 55.6 Å². The highest BCUT2D eigenvalue weighted by atomic mass is 15.1. The van der Waals surface area contributed by atoms with Crippen LogP contribution in [0.3, 0.4) is 0 Å². The van der Waals surface area contributed by atoms with Gasteiger partial charge in [-0.05, 0) is 120 Å². The van der Waals surface area contributed by atoms with Crippen molar-refractivity contribution in [2.24, 2.45) is 0 Å². The standard InChI is InChI=1S/C58H38B5N/c1-57(2)47-23-9-6-22-45(47)46-34-42(30-31-48(46)57)64(40-28-26-35(27-29-40)36-14-12-15-37(32-36)51-52(59)54(61)56(63)55(62)53(51)60)41-19-13-18-39(33-41)58(38-16-4-3-5-17-38)49-24-10-7-20-43(49)44-21-8-11-25-50(44)58/h3-34H,1-2H3. The number of nitrogens with zero attached hydrogens (tertiary/aromatic N) is 1. The van der Waals surface area contributed by atoms with E-state index in [1.54, 1.807) is 0 Å². The average Bonchev–Trinajstić information content (AvgIpc) is 3.76. The van der Waals surface area contributed by atoms with Gasteiger partial charge in [0.25, 0.3) is 0 Å². The van der Waals surface area contributed by atoms with Crippen LogP contribution in [0.1, 0.15) is 47.2 Å². The molecule has 0 aliphatic heterocycles. The molecule has 9 aromatic rings. The van der Waals surface area contributed by atoms with E-state index in [2.05, 4.69) is 201 Å². The number of rotatable bonds is 7. The predicted octanol–water partition coefficient (Wildman–Crippen LogP) is 9.13. The summed E-state index contributed by atoms with van der Waals surface area (Å²) in [5.74, 6) is 0. The first-order valence-electron chi connectivity index (χ1n) is 21.7. The van der Waals surface area contributed by atoms with Crippen molar-refractivity contribution in [3.63, 3.8) is 0 Å². The van der Waals surface area contributed by atoms with Crippen molar-refractivity contribution >= 4 is 83.6 Å². The molecule has 0 amide bonds. The molecule has 11 rings (SSSR count). The second-order valence-corrected chi connectivity index (χ2v) is 17.6. The van der Waals surface area contributed by atoms with Crippen LogP contribution in [-0.4, -0.2) is 39.2 Å². The largest absolute Gasteiger partial charge is 0.310 e. The van der Waals surface area contributed by atoms with Gasteiger partial charge in [0, 0.05) is 22.5 Å². The quantitative estimate of drug-likeness (QED) is 0.146. The van der Waals surface area contributed by atoms with Gasteiger partial charge in [-0.25, -0.2) is 0 Å². The highest BCUT2D eigenvalue weighted by Gasteiger charge is 2.46. The van der Waals surface area contributed by atoms with Crippen molar-refractivity contribution in [1.29, 1.82) is 0 Å². The minimum atomic E-state index is -0.543. The molecule has 1 nitrogen and oxygen atoms in total. The maximum atomic E-state index is 6.51. The second-order valence-electron chi connectivity index (χ2n) is 17.6. The van der Waals surface area contributed by atoms with Gasteiger partial charge in [-0.1, -0.05) is 176 Å². The topological polar surface area (TPSA) is 3.24 Å². The third kappa shape index (κ3) is 5.92. The highest BCUT2D eigenvalue weighted by Crippen LogP contribution is 2.57. The third-order valence-electron chi connectivity index (χ3n) is 13.8. The Morgan fingerprint density at radius 2 is 0.812 bits per heavy atom. The smallest absolute Gasteiger partial charge is 0.113 e. The van der Waals surface area contributed by atoms with Crippen molar-refractivity contribution in [2.75, 3.05) is 4.90 Å². The lowest BCUT2D eigenvalue weighted by atomic mass is 9.59. The van der Waals surface area contributed by atoms with Crippen LogP contribution in [0.2, 0.25) is 0 Å². The molecule has 64 heavy (non-hydrogen) atoms. The maximum absolute atomic E-state index is 6.51. The number of benzene rings is 9. The summed E-state index contributed by atoms with van der Waals surface area (Å²) < 4.78 is 0. The molecule has 2 aliphatic rings. The monoisotopic (exact) mass is 803 g/mol. The van der Waals surface area contributed by atoms with E-state index in [0.717, 1.165) is 33.8 Å². The van der Waals surface area contributed by atoms with Gasteiger partial charge in [0.2, 0.25) is 0 Å². The maximum Gasteiger partial charge on any atom is 0.113 e.